The van der Waals surface area contributed by atoms with Crippen molar-refractivity contribution in [3.05, 3.63) is 81.8 Å². The van der Waals surface area contributed by atoms with Gasteiger partial charge in [0.2, 0.25) is 17.4 Å². The quantitative estimate of drug-likeness (QED) is 0.741. The highest BCUT2D eigenvalue weighted by Crippen LogP contribution is 2.35. The van der Waals surface area contributed by atoms with E-state index in [0.29, 0.717) is 10.0 Å². The number of Topliss-reactive ketones (excluding diaryl/α,β-unsaturated/α-hetero) is 1. The van der Waals surface area contributed by atoms with Crippen LogP contribution in [0.5, 0.6) is 0 Å². The Labute approximate surface area is 154 Å². The van der Waals surface area contributed by atoms with Gasteiger partial charge in [-0.05, 0) is 11.6 Å². The van der Waals surface area contributed by atoms with E-state index in [4.69, 9.17) is 16.0 Å². The normalized spacial score (nSPS) is 21.0. The fourth-order valence-electron chi connectivity index (χ4n) is 2.25. The van der Waals surface area contributed by atoms with Crippen molar-refractivity contribution in [1.29, 1.82) is 0 Å². The largest absolute Gasteiger partial charge is 0.460 e. The molecule has 1 heterocycles. The zero-order valence-electron chi connectivity index (χ0n) is 13.8. The highest BCUT2D eigenvalue weighted by atomic mass is 79.9. The minimum absolute atomic E-state index is 0.187. The lowest BCUT2D eigenvalue weighted by molar-refractivity contribution is -0.123. The minimum Gasteiger partial charge on any atom is -0.460 e. The summed E-state index contributed by atoms with van der Waals surface area (Å²) in [4.78, 5) is 12.7. The summed E-state index contributed by atoms with van der Waals surface area (Å²) in [7, 11) is -4.16. The van der Waals surface area contributed by atoms with E-state index in [1.165, 1.54) is 6.07 Å². The summed E-state index contributed by atoms with van der Waals surface area (Å²) in [5.41, 5.74) is 6.32. The Balaban J connectivity index is 1.86. The summed E-state index contributed by atoms with van der Waals surface area (Å²) in [5.74, 6) is -2.67. The van der Waals surface area contributed by atoms with Gasteiger partial charge in [-0.25, -0.2) is 0 Å². The SMILES string of the molecule is [2H][C@@]1(c2ccccc2Br)OC(N)=C(OS(=O)(=O)Cc2ccccc2)C1=O. The second kappa shape index (κ2) is 6.89. The lowest BCUT2D eigenvalue weighted by Gasteiger charge is -2.11. The molecular weight excluding hydrogens is 410 g/mol. The number of nitrogens with two attached hydrogens (primary N) is 1. The van der Waals surface area contributed by atoms with Crippen molar-refractivity contribution in [2.75, 3.05) is 0 Å². The van der Waals surface area contributed by atoms with Gasteiger partial charge in [0.05, 0.1) is 1.37 Å². The van der Waals surface area contributed by atoms with Crippen LogP contribution < -0.4 is 5.73 Å². The number of halogens is 1. The first-order chi connectivity index (χ1) is 12.2. The lowest BCUT2D eigenvalue weighted by atomic mass is 10.1. The van der Waals surface area contributed by atoms with E-state index < -0.39 is 39.4 Å². The summed E-state index contributed by atoms with van der Waals surface area (Å²) >= 11 is 3.24. The molecule has 1 aliphatic heterocycles. The first-order valence-electron chi connectivity index (χ1n) is 7.67. The maximum atomic E-state index is 12.7. The van der Waals surface area contributed by atoms with Gasteiger partial charge in [0.25, 0.3) is 0 Å². The molecule has 0 aromatic heterocycles. The van der Waals surface area contributed by atoms with Crippen LogP contribution >= 0.6 is 15.9 Å². The number of hydrogen-bond acceptors (Lipinski definition) is 6. The van der Waals surface area contributed by atoms with Gasteiger partial charge < -0.3 is 14.7 Å². The van der Waals surface area contributed by atoms with Crippen molar-refractivity contribution in [1.82, 2.24) is 0 Å². The average Bonchev–Trinajstić information content (AvgIpc) is 2.79. The fourth-order valence-corrected chi connectivity index (χ4v) is 3.79. The Hall–Kier alpha value is -2.32. The molecule has 6 nitrogen and oxygen atoms in total. The monoisotopic (exact) mass is 424 g/mol. The molecule has 0 fully saturated rings. The molecule has 1 atom stereocenters. The molecule has 25 heavy (non-hydrogen) atoms. The standard InChI is InChI=1S/C17H14BrNO5S/c18-13-9-5-4-8-12(13)15-14(20)16(17(19)23-15)24-25(21,22)10-11-6-2-1-3-7-11/h1-9,15H,10,19H2/t15-/m0/s1/i15D. The van der Waals surface area contributed by atoms with E-state index in [0.717, 1.165) is 0 Å². The van der Waals surface area contributed by atoms with Crippen LogP contribution in [0.4, 0.5) is 0 Å². The fraction of sp³-hybridized carbons (Fsp3) is 0.118. The van der Waals surface area contributed by atoms with Crippen molar-refractivity contribution < 1.29 is 23.5 Å². The van der Waals surface area contributed by atoms with Crippen molar-refractivity contribution in [2.24, 2.45) is 5.73 Å². The third-order valence-electron chi connectivity index (χ3n) is 3.36. The van der Waals surface area contributed by atoms with Crippen molar-refractivity contribution in [3.63, 3.8) is 0 Å². The van der Waals surface area contributed by atoms with Gasteiger partial charge in [-0.15, -0.1) is 0 Å². The van der Waals surface area contributed by atoms with Crippen LogP contribution in [0.2, 0.25) is 0 Å². The van der Waals surface area contributed by atoms with Crippen LogP contribution in [-0.2, 0) is 29.6 Å². The topological polar surface area (TPSA) is 95.7 Å². The van der Waals surface area contributed by atoms with Gasteiger partial charge in [-0.2, -0.15) is 8.42 Å². The summed E-state index contributed by atoms with van der Waals surface area (Å²) in [6.07, 6.45) is -2.22. The number of ketones is 1. The molecule has 0 spiro atoms. The summed E-state index contributed by atoms with van der Waals surface area (Å²) in [6, 6.07) is 14.8. The van der Waals surface area contributed by atoms with Crippen LogP contribution in [0.1, 0.15) is 18.6 Å². The number of rotatable bonds is 5. The number of carbonyl (C=O) groups excluding carboxylic acids is 1. The zero-order chi connectivity index (χ0) is 18.9. The Morgan fingerprint density at radius 1 is 1.16 bits per heavy atom. The number of benzene rings is 2. The van der Waals surface area contributed by atoms with Crippen molar-refractivity contribution >= 4 is 31.8 Å². The molecule has 0 unspecified atom stereocenters. The third kappa shape index (κ3) is 3.85. The smallest absolute Gasteiger partial charge is 0.313 e. The number of carbonyl (C=O) groups is 1. The average molecular weight is 425 g/mol. The third-order valence-corrected chi connectivity index (χ3v) is 5.16. The Morgan fingerprint density at radius 3 is 2.48 bits per heavy atom. The van der Waals surface area contributed by atoms with Crippen molar-refractivity contribution in [3.8, 4) is 0 Å². The van der Waals surface area contributed by atoms with E-state index in [2.05, 4.69) is 15.9 Å². The van der Waals surface area contributed by atoms with E-state index in [1.54, 1.807) is 48.5 Å². The second-order valence-corrected chi connectivity index (χ2v) is 7.63. The zero-order valence-corrected chi connectivity index (χ0v) is 15.2. The highest BCUT2D eigenvalue weighted by Gasteiger charge is 2.40. The summed E-state index contributed by atoms with van der Waals surface area (Å²) < 4.78 is 43.4. The van der Waals surface area contributed by atoms with Crippen LogP contribution in [0.3, 0.4) is 0 Å². The van der Waals surface area contributed by atoms with E-state index in [-0.39, 0.29) is 5.56 Å². The molecule has 0 bridgehead atoms. The Morgan fingerprint density at radius 2 is 1.80 bits per heavy atom. The molecular formula is C17H14BrNO5S. The van der Waals surface area contributed by atoms with E-state index >= 15 is 0 Å². The van der Waals surface area contributed by atoms with Gasteiger partial charge in [-0.3, -0.25) is 4.79 Å². The van der Waals surface area contributed by atoms with E-state index in [9.17, 15) is 13.2 Å². The first kappa shape index (κ1) is 16.2. The predicted molar refractivity (Wildman–Crippen MR) is 94.3 cm³/mol. The van der Waals surface area contributed by atoms with Crippen LogP contribution in [0.25, 0.3) is 0 Å². The molecule has 2 aromatic carbocycles. The van der Waals surface area contributed by atoms with Gasteiger partial charge in [-0.1, -0.05) is 64.5 Å². The van der Waals surface area contributed by atoms with Crippen LogP contribution in [-0.4, -0.2) is 14.2 Å². The summed E-state index contributed by atoms with van der Waals surface area (Å²) in [6.45, 7) is 0. The Kier molecular flexibility index (Phi) is 4.46. The summed E-state index contributed by atoms with van der Waals surface area (Å²) in [5, 5.41) is 0. The number of ether oxygens (including phenoxy) is 1. The minimum atomic E-state index is -4.16. The molecule has 0 aliphatic carbocycles. The van der Waals surface area contributed by atoms with Crippen LogP contribution in [0.15, 0.2) is 70.7 Å². The molecule has 0 saturated carbocycles. The maximum Gasteiger partial charge on any atom is 0.313 e. The molecule has 1 aliphatic rings. The molecule has 130 valence electrons. The highest BCUT2D eigenvalue weighted by molar-refractivity contribution is 9.10. The Bertz CT molecular complexity index is 993. The maximum absolute atomic E-state index is 12.7. The van der Waals surface area contributed by atoms with Crippen LogP contribution in [0, 0.1) is 0 Å². The second-order valence-electron chi connectivity index (χ2n) is 5.20. The number of hydrogen-bond donors (Lipinski definition) is 1. The molecule has 8 heteroatoms. The molecule has 2 aromatic rings. The van der Waals surface area contributed by atoms with Gasteiger partial charge in [0.15, 0.2) is 6.08 Å². The molecule has 0 amide bonds. The molecule has 0 radical (unpaired) electrons. The van der Waals surface area contributed by atoms with Crippen molar-refractivity contribution in [2.45, 2.75) is 11.8 Å². The predicted octanol–water partition coefficient (Wildman–Crippen LogP) is 2.76. The molecule has 0 saturated heterocycles. The molecule has 2 N–H and O–H groups in total. The first-order valence-corrected chi connectivity index (χ1v) is 9.54. The van der Waals surface area contributed by atoms with Gasteiger partial charge in [0.1, 0.15) is 5.75 Å². The lowest BCUT2D eigenvalue weighted by Crippen LogP contribution is -2.16. The van der Waals surface area contributed by atoms with E-state index in [1.807, 2.05) is 0 Å². The van der Waals surface area contributed by atoms with Gasteiger partial charge >= 0.3 is 10.1 Å². The molecule has 3 rings (SSSR count). The van der Waals surface area contributed by atoms with Gasteiger partial charge in [0, 0.05) is 10.0 Å².